The van der Waals surface area contributed by atoms with Crippen molar-refractivity contribution < 1.29 is 4.79 Å². The van der Waals surface area contributed by atoms with Crippen LogP contribution in [0.1, 0.15) is 64.1 Å². The summed E-state index contributed by atoms with van der Waals surface area (Å²) >= 11 is 0. The lowest BCUT2D eigenvalue weighted by Gasteiger charge is -2.22. The van der Waals surface area contributed by atoms with E-state index in [1.807, 2.05) is 6.20 Å². The Morgan fingerprint density at radius 2 is 2.19 bits per heavy atom. The van der Waals surface area contributed by atoms with Gasteiger partial charge < -0.3 is 15.6 Å². The molecule has 0 aromatic carbocycles. The van der Waals surface area contributed by atoms with Crippen LogP contribution in [-0.2, 0) is 11.2 Å². The number of aromatic amines is 1. The van der Waals surface area contributed by atoms with Gasteiger partial charge in [-0.15, -0.1) is 0 Å². The van der Waals surface area contributed by atoms with Crippen LogP contribution in [0.2, 0.25) is 0 Å². The van der Waals surface area contributed by atoms with E-state index in [0.717, 1.165) is 37.3 Å². The number of H-pyrrole nitrogens is 1. The van der Waals surface area contributed by atoms with Crippen molar-refractivity contribution >= 4 is 11.7 Å². The predicted molar refractivity (Wildman–Crippen MR) is 85.3 cm³/mol. The first-order chi connectivity index (χ1) is 10.3. The molecule has 118 valence electrons. The molecular weight excluding hydrogens is 264 g/mol. The van der Waals surface area contributed by atoms with E-state index in [2.05, 4.69) is 27.5 Å². The molecule has 5 heteroatoms. The van der Waals surface area contributed by atoms with E-state index in [0.29, 0.717) is 19.0 Å². The van der Waals surface area contributed by atoms with Gasteiger partial charge in [-0.2, -0.15) is 0 Å². The smallest absolute Gasteiger partial charge is 0.221 e. The van der Waals surface area contributed by atoms with E-state index in [-0.39, 0.29) is 5.91 Å². The van der Waals surface area contributed by atoms with Gasteiger partial charge >= 0.3 is 0 Å². The molecule has 0 bridgehead atoms. The fourth-order valence-electron chi connectivity index (χ4n) is 2.78. The molecule has 1 aromatic rings. The number of carbonyl (C=O) groups excluding carboxylic acids is 1. The molecular formula is C16H28N4O. The van der Waals surface area contributed by atoms with Crippen molar-refractivity contribution in [3.63, 3.8) is 0 Å². The number of imidazole rings is 1. The van der Waals surface area contributed by atoms with Gasteiger partial charge in [-0.05, 0) is 19.3 Å². The number of carbonyl (C=O) groups is 1. The van der Waals surface area contributed by atoms with Crippen LogP contribution in [-0.4, -0.2) is 28.5 Å². The molecule has 1 heterocycles. The average Bonchev–Trinajstić information content (AvgIpc) is 2.94. The summed E-state index contributed by atoms with van der Waals surface area (Å²) in [7, 11) is 0. The van der Waals surface area contributed by atoms with Crippen LogP contribution >= 0.6 is 0 Å². The second-order valence-corrected chi connectivity index (χ2v) is 5.93. The summed E-state index contributed by atoms with van der Waals surface area (Å²) in [6.07, 6.45) is 11.7. The average molecular weight is 292 g/mol. The Bertz CT molecular complexity index is 424. The minimum atomic E-state index is 0.153. The Hall–Kier alpha value is -1.52. The number of anilines is 1. The van der Waals surface area contributed by atoms with Crippen LogP contribution in [0.5, 0.6) is 0 Å². The molecule has 2 rings (SSSR count). The highest BCUT2D eigenvalue weighted by molar-refractivity contribution is 5.76. The predicted octanol–water partition coefficient (Wildman–Crippen LogP) is 3.00. The molecule has 0 aliphatic heterocycles. The molecule has 0 saturated heterocycles. The van der Waals surface area contributed by atoms with E-state index < -0.39 is 0 Å². The monoisotopic (exact) mass is 292 g/mol. The van der Waals surface area contributed by atoms with Crippen LogP contribution in [0, 0.1) is 0 Å². The number of aromatic nitrogens is 2. The molecule has 1 saturated carbocycles. The van der Waals surface area contributed by atoms with Crippen molar-refractivity contribution in [3.8, 4) is 0 Å². The third-order valence-electron chi connectivity index (χ3n) is 4.03. The van der Waals surface area contributed by atoms with Crippen molar-refractivity contribution in [2.45, 2.75) is 70.8 Å². The van der Waals surface area contributed by atoms with Gasteiger partial charge in [-0.1, -0.05) is 32.6 Å². The van der Waals surface area contributed by atoms with E-state index in [1.165, 1.54) is 25.7 Å². The maximum atomic E-state index is 11.9. The Kier molecular flexibility index (Phi) is 6.57. The quantitative estimate of drug-likeness (QED) is 0.690. The zero-order valence-electron chi connectivity index (χ0n) is 13.1. The molecule has 0 spiro atoms. The molecule has 21 heavy (non-hydrogen) atoms. The minimum absolute atomic E-state index is 0.153. The van der Waals surface area contributed by atoms with Crippen LogP contribution in [0.15, 0.2) is 6.20 Å². The van der Waals surface area contributed by atoms with Crippen molar-refractivity contribution in [1.29, 1.82) is 0 Å². The van der Waals surface area contributed by atoms with Crippen molar-refractivity contribution in [3.05, 3.63) is 12.0 Å². The Morgan fingerprint density at radius 3 is 2.95 bits per heavy atom. The van der Waals surface area contributed by atoms with Gasteiger partial charge in [0.2, 0.25) is 5.91 Å². The van der Waals surface area contributed by atoms with E-state index >= 15 is 0 Å². The third kappa shape index (κ3) is 5.78. The SMILES string of the molecule is CCCCc1ncc(NCCC(=O)NC2CCCCC2)[nH]1. The maximum Gasteiger partial charge on any atom is 0.221 e. The zero-order chi connectivity index (χ0) is 14.9. The number of hydrogen-bond donors (Lipinski definition) is 3. The number of hydrogen-bond acceptors (Lipinski definition) is 3. The first-order valence-corrected chi connectivity index (χ1v) is 8.35. The summed E-state index contributed by atoms with van der Waals surface area (Å²) < 4.78 is 0. The van der Waals surface area contributed by atoms with Crippen LogP contribution in [0.3, 0.4) is 0 Å². The summed E-state index contributed by atoms with van der Waals surface area (Å²) in [5.74, 6) is 2.08. The van der Waals surface area contributed by atoms with Gasteiger partial charge in [0.15, 0.2) is 0 Å². The zero-order valence-corrected chi connectivity index (χ0v) is 13.1. The second-order valence-electron chi connectivity index (χ2n) is 5.93. The van der Waals surface area contributed by atoms with Crippen LogP contribution in [0.25, 0.3) is 0 Å². The van der Waals surface area contributed by atoms with E-state index in [9.17, 15) is 4.79 Å². The van der Waals surface area contributed by atoms with E-state index in [1.54, 1.807) is 0 Å². The van der Waals surface area contributed by atoms with Gasteiger partial charge in [0.05, 0.1) is 6.20 Å². The molecule has 0 atom stereocenters. The van der Waals surface area contributed by atoms with Gasteiger partial charge in [0.1, 0.15) is 11.6 Å². The maximum absolute atomic E-state index is 11.9. The van der Waals surface area contributed by atoms with Gasteiger partial charge in [-0.25, -0.2) is 4.98 Å². The topological polar surface area (TPSA) is 69.8 Å². The third-order valence-corrected chi connectivity index (χ3v) is 4.03. The first kappa shape index (κ1) is 15.9. The van der Waals surface area contributed by atoms with Crippen molar-refractivity contribution in [2.24, 2.45) is 0 Å². The van der Waals surface area contributed by atoms with Crippen molar-refractivity contribution in [1.82, 2.24) is 15.3 Å². The van der Waals surface area contributed by atoms with Gasteiger partial charge in [-0.3, -0.25) is 4.79 Å². The molecule has 1 amide bonds. The normalized spacial score (nSPS) is 15.9. The molecule has 5 nitrogen and oxygen atoms in total. The lowest BCUT2D eigenvalue weighted by Crippen LogP contribution is -2.36. The highest BCUT2D eigenvalue weighted by atomic mass is 16.1. The second kappa shape index (κ2) is 8.70. The number of amides is 1. The van der Waals surface area contributed by atoms with Gasteiger partial charge in [0, 0.05) is 25.4 Å². The molecule has 1 aliphatic carbocycles. The number of nitrogens with zero attached hydrogens (tertiary/aromatic N) is 1. The number of rotatable bonds is 8. The highest BCUT2D eigenvalue weighted by Crippen LogP contribution is 2.17. The lowest BCUT2D eigenvalue weighted by molar-refractivity contribution is -0.121. The Balaban J connectivity index is 1.61. The molecule has 1 fully saturated rings. The van der Waals surface area contributed by atoms with Crippen LogP contribution < -0.4 is 10.6 Å². The van der Waals surface area contributed by atoms with Gasteiger partial charge in [0.25, 0.3) is 0 Å². The minimum Gasteiger partial charge on any atom is -0.370 e. The lowest BCUT2D eigenvalue weighted by atomic mass is 9.95. The fourth-order valence-corrected chi connectivity index (χ4v) is 2.78. The Labute approximate surface area is 127 Å². The molecule has 3 N–H and O–H groups in total. The summed E-state index contributed by atoms with van der Waals surface area (Å²) in [6, 6.07) is 0.402. The number of unbranched alkanes of at least 4 members (excludes halogenated alkanes) is 1. The summed E-state index contributed by atoms with van der Waals surface area (Å²) in [6.45, 7) is 2.82. The standard InChI is InChI=1S/C16H28N4O/c1-2-3-9-14-18-12-15(20-14)17-11-10-16(21)19-13-7-5-4-6-8-13/h12-13,17H,2-11H2,1H3,(H,18,20)(H,19,21). The molecule has 0 radical (unpaired) electrons. The molecule has 1 aliphatic rings. The van der Waals surface area contributed by atoms with Crippen LogP contribution in [0.4, 0.5) is 5.82 Å². The highest BCUT2D eigenvalue weighted by Gasteiger charge is 2.15. The van der Waals surface area contributed by atoms with E-state index in [4.69, 9.17) is 0 Å². The number of nitrogens with one attached hydrogen (secondary N) is 3. The van der Waals surface area contributed by atoms with Crippen molar-refractivity contribution in [2.75, 3.05) is 11.9 Å². The summed E-state index contributed by atoms with van der Waals surface area (Å²) in [4.78, 5) is 19.4. The molecule has 1 aromatic heterocycles. The molecule has 0 unspecified atom stereocenters. The fraction of sp³-hybridized carbons (Fsp3) is 0.750. The Morgan fingerprint density at radius 1 is 1.38 bits per heavy atom. The first-order valence-electron chi connectivity index (χ1n) is 8.35. The summed E-state index contributed by atoms with van der Waals surface area (Å²) in [5.41, 5.74) is 0. The summed E-state index contributed by atoms with van der Waals surface area (Å²) in [5, 5.41) is 6.36. The number of aryl methyl sites for hydroxylation is 1. The largest absolute Gasteiger partial charge is 0.370 e.